The van der Waals surface area contributed by atoms with Gasteiger partial charge in [-0.3, -0.25) is 4.79 Å². The van der Waals surface area contributed by atoms with Crippen LogP contribution in [0.5, 0.6) is 0 Å². The first-order valence-corrected chi connectivity index (χ1v) is 8.06. The van der Waals surface area contributed by atoms with Crippen molar-refractivity contribution in [3.8, 4) is 0 Å². The summed E-state index contributed by atoms with van der Waals surface area (Å²) in [4.78, 5) is 19.6. The molecule has 2 aromatic rings. The van der Waals surface area contributed by atoms with Gasteiger partial charge in [0.05, 0.1) is 5.56 Å². The number of pyridine rings is 2. The fraction of sp³-hybridized carbons (Fsp3) is 0.267. The minimum atomic E-state index is -5.10. The average Bonchev–Trinajstić information content (AvgIpc) is 2.53. The van der Waals surface area contributed by atoms with Crippen LogP contribution in [0.15, 0.2) is 35.4 Å². The molecule has 0 radical (unpaired) electrons. The third-order valence-electron chi connectivity index (χ3n) is 2.97. The number of rotatable bonds is 4. The summed E-state index contributed by atoms with van der Waals surface area (Å²) in [7, 11) is 0. The van der Waals surface area contributed by atoms with Crippen LogP contribution >= 0.6 is 11.8 Å². The van der Waals surface area contributed by atoms with E-state index in [1.54, 1.807) is 12.1 Å². The van der Waals surface area contributed by atoms with Gasteiger partial charge in [-0.15, -0.1) is 11.8 Å². The molecule has 1 N–H and O–H groups in total. The van der Waals surface area contributed by atoms with E-state index in [9.17, 15) is 31.1 Å². The highest BCUT2D eigenvalue weighted by Crippen LogP contribution is 2.36. The lowest BCUT2D eigenvalue weighted by Crippen LogP contribution is -2.19. The summed E-state index contributed by atoms with van der Waals surface area (Å²) in [5, 5.41) is 1.96. The quantitative estimate of drug-likeness (QED) is 0.592. The van der Waals surface area contributed by atoms with Crippen LogP contribution in [0, 0.1) is 0 Å². The number of carbonyl (C=O) groups is 1. The Balaban J connectivity index is 2.41. The number of halogens is 6. The minimum Gasteiger partial charge on any atom is -0.305 e. The van der Waals surface area contributed by atoms with Crippen LogP contribution in [-0.4, -0.2) is 21.6 Å². The molecule has 0 unspecified atom stereocenters. The third kappa shape index (κ3) is 4.87. The topological polar surface area (TPSA) is 54.9 Å². The number of thioether (sulfide) groups is 1. The summed E-state index contributed by atoms with van der Waals surface area (Å²) in [6.07, 6.45) is -8.85. The van der Waals surface area contributed by atoms with Gasteiger partial charge in [-0.1, -0.05) is 6.92 Å². The van der Waals surface area contributed by atoms with E-state index in [1.165, 1.54) is 18.0 Å². The van der Waals surface area contributed by atoms with E-state index < -0.39 is 35.3 Å². The summed E-state index contributed by atoms with van der Waals surface area (Å²) < 4.78 is 76.9. The summed E-state index contributed by atoms with van der Waals surface area (Å²) in [6.45, 7) is 1.81. The molecule has 0 aromatic carbocycles. The van der Waals surface area contributed by atoms with Gasteiger partial charge in [-0.25, -0.2) is 9.97 Å². The van der Waals surface area contributed by atoms with Crippen molar-refractivity contribution in [2.45, 2.75) is 24.2 Å². The SMILES string of the molecule is CCSc1cccnc1C(=O)Nc1cc(C(F)(F)F)cc(C(F)(F)F)n1. The predicted octanol–water partition coefficient (Wildman–Crippen LogP) is 4.88. The van der Waals surface area contributed by atoms with Crippen molar-refractivity contribution in [3.63, 3.8) is 0 Å². The lowest BCUT2D eigenvalue weighted by molar-refractivity contribution is -0.145. The summed E-state index contributed by atoms with van der Waals surface area (Å²) in [5.74, 6) is -1.23. The molecule has 0 aliphatic carbocycles. The van der Waals surface area contributed by atoms with E-state index >= 15 is 0 Å². The monoisotopic (exact) mass is 395 g/mol. The fourth-order valence-electron chi connectivity index (χ4n) is 1.91. The first kappa shape index (κ1) is 20.0. The van der Waals surface area contributed by atoms with Gasteiger partial charge in [-0.2, -0.15) is 26.3 Å². The van der Waals surface area contributed by atoms with Gasteiger partial charge in [-0.05, 0) is 30.0 Å². The van der Waals surface area contributed by atoms with Crippen molar-refractivity contribution in [1.82, 2.24) is 9.97 Å². The molecule has 0 aliphatic heterocycles. The predicted molar refractivity (Wildman–Crippen MR) is 82.8 cm³/mol. The standard InChI is InChI=1S/C15H11F6N3OS/c1-2-26-9-4-3-5-22-12(9)13(25)24-11-7-8(14(16,17)18)6-10(23-11)15(19,20)21/h3-7H,2H2,1H3,(H,23,24,25). The molecular weight excluding hydrogens is 384 g/mol. The highest BCUT2D eigenvalue weighted by atomic mass is 32.2. The highest BCUT2D eigenvalue weighted by molar-refractivity contribution is 7.99. The Labute approximate surface area is 148 Å². The van der Waals surface area contributed by atoms with Crippen molar-refractivity contribution in [1.29, 1.82) is 0 Å². The molecule has 1 amide bonds. The summed E-state index contributed by atoms with van der Waals surface area (Å²) in [5.41, 5.74) is -3.45. The number of anilines is 1. The largest absolute Gasteiger partial charge is 0.433 e. The first-order chi connectivity index (χ1) is 12.0. The van der Waals surface area contributed by atoms with Crippen molar-refractivity contribution < 1.29 is 31.1 Å². The van der Waals surface area contributed by atoms with Crippen LogP contribution in [0.3, 0.4) is 0 Å². The number of nitrogens with zero attached hydrogens (tertiary/aromatic N) is 2. The number of hydrogen-bond acceptors (Lipinski definition) is 4. The van der Waals surface area contributed by atoms with E-state index in [0.29, 0.717) is 16.7 Å². The van der Waals surface area contributed by atoms with Crippen LogP contribution in [0.4, 0.5) is 32.2 Å². The zero-order chi connectivity index (χ0) is 19.5. The second-order valence-corrected chi connectivity index (χ2v) is 6.16. The normalized spacial score (nSPS) is 12.1. The molecule has 0 fully saturated rings. The van der Waals surface area contributed by atoms with Crippen LogP contribution < -0.4 is 5.32 Å². The maximum atomic E-state index is 12.8. The molecule has 2 aromatic heterocycles. The average molecular weight is 395 g/mol. The lowest BCUT2D eigenvalue weighted by atomic mass is 10.2. The van der Waals surface area contributed by atoms with Gasteiger partial charge in [0.15, 0.2) is 0 Å². The van der Waals surface area contributed by atoms with Crippen LogP contribution in [0.1, 0.15) is 28.7 Å². The number of amides is 1. The zero-order valence-electron chi connectivity index (χ0n) is 13.1. The molecule has 0 saturated heterocycles. The maximum absolute atomic E-state index is 12.8. The smallest absolute Gasteiger partial charge is 0.305 e. The maximum Gasteiger partial charge on any atom is 0.433 e. The van der Waals surface area contributed by atoms with Crippen LogP contribution in [0.2, 0.25) is 0 Å². The summed E-state index contributed by atoms with van der Waals surface area (Å²) >= 11 is 1.25. The second-order valence-electron chi connectivity index (χ2n) is 4.86. The Kier molecular flexibility index (Phi) is 5.79. The van der Waals surface area contributed by atoms with E-state index in [2.05, 4.69) is 9.97 Å². The Morgan fingerprint density at radius 1 is 1.15 bits per heavy atom. The van der Waals surface area contributed by atoms with Gasteiger partial charge in [0.2, 0.25) is 0 Å². The van der Waals surface area contributed by atoms with Gasteiger partial charge in [0.25, 0.3) is 5.91 Å². The molecule has 11 heteroatoms. The molecule has 0 aliphatic rings. The number of carbonyl (C=O) groups excluding carboxylic acids is 1. The number of aromatic nitrogens is 2. The van der Waals surface area contributed by atoms with Crippen molar-refractivity contribution in [2.24, 2.45) is 0 Å². The highest BCUT2D eigenvalue weighted by Gasteiger charge is 2.38. The first-order valence-electron chi connectivity index (χ1n) is 7.08. The van der Waals surface area contributed by atoms with Crippen LogP contribution in [0.25, 0.3) is 0 Å². The van der Waals surface area contributed by atoms with Crippen LogP contribution in [-0.2, 0) is 12.4 Å². The zero-order valence-corrected chi connectivity index (χ0v) is 13.9. The molecule has 0 spiro atoms. The Bertz CT molecular complexity index is 774. The van der Waals surface area contributed by atoms with E-state index in [-0.39, 0.29) is 11.8 Å². The third-order valence-corrected chi connectivity index (χ3v) is 3.90. The van der Waals surface area contributed by atoms with Crippen molar-refractivity contribution >= 4 is 23.5 Å². The lowest BCUT2D eigenvalue weighted by Gasteiger charge is -2.14. The molecule has 2 heterocycles. The number of hydrogen-bond donors (Lipinski definition) is 1. The van der Waals surface area contributed by atoms with E-state index in [1.807, 2.05) is 12.2 Å². The van der Waals surface area contributed by atoms with E-state index in [0.717, 1.165) is 0 Å². The van der Waals surface area contributed by atoms with Gasteiger partial charge in [0, 0.05) is 11.1 Å². The Morgan fingerprint density at radius 3 is 2.42 bits per heavy atom. The Hall–Kier alpha value is -2.30. The Morgan fingerprint density at radius 2 is 1.85 bits per heavy atom. The van der Waals surface area contributed by atoms with Gasteiger partial charge >= 0.3 is 12.4 Å². The molecule has 2 rings (SSSR count). The number of nitrogens with one attached hydrogen (secondary N) is 1. The molecule has 0 bridgehead atoms. The molecular formula is C15H11F6N3OS. The number of alkyl halides is 6. The summed E-state index contributed by atoms with van der Waals surface area (Å²) in [6, 6.07) is 3.34. The van der Waals surface area contributed by atoms with E-state index in [4.69, 9.17) is 0 Å². The van der Waals surface area contributed by atoms with Gasteiger partial charge < -0.3 is 5.32 Å². The van der Waals surface area contributed by atoms with Crippen molar-refractivity contribution in [3.05, 3.63) is 47.4 Å². The molecule has 26 heavy (non-hydrogen) atoms. The second kappa shape index (κ2) is 7.52. The molecule has 140 valence electrons. The fourth-order valence-corrected chi connectivity index (χ4v) is 2.68. The molecule has 0 saturated carbocycles. The van der Waals surface area contributed by atoms with Crippen molar-refractivity contribution in [2.75, 3.05) is 11.1 Å². The molecule has 0 atom stereocenters. The minimum absolute atomic E-state index is 0.116. The van der Waals surface area contributed by atoms with Gasteiger partial charge in [0.1, 0.15) is 17.2 Å². The molecule has 4 nitrogen and oxygen atoms in total.